The van der Waals surface area contributed by atoms with Crippen LogP contribution < -0.4 is 5.73 Å². The molecule has 19 heavy (non-hydrogen) atoms. The van der Waals surface area contributed by atoms with Gasteiger partial charge in [0, 0.05) is 12.0 Å². The molecule has 0 amide bonds. The van der Waals surface area contributed by atoms with Gasteiger partial charge in [-0.1, -0.05) is 12.1 Å². The number of imidazole rings is 1. The standard InChI is InChI=1S/C13H14N4O.BrH/c1-2-18-6-8-4-3-5-9-10(8)11-12(13(14)17-9)16-7-15-11;/h3-5,7H,2,6H2,1H3,(H2,14,17)(H,15,16);1H. The van der Waals surface area contributed by atoms with Crippen LogP contribution in [-0.4, -0.2) is 21.6 Å². The number of nitrogens with zero attached hydrogens (tertiary/aromatic N) is 2. The molecule has 0 aliphatic heterocycles. The lowest BCUT2D eigenvalue weighted by Crippen LogP contribution is -1.97. The minimum Gasteiger partial charge on any atom is -0.382 e. The van der Waals surface area contributed by atoms with Crippen LogP contribution in [0.15, 0.2) is 24.5 Å². The number of anilines is 1. The fourth-order valence-corrected chi connectivity index (χ4v) is 2.15. The molecule has 0 saturated heterocycles. The molecule has 3 rings (SSSR count). The summed E-state index contributed by atoms with van der Waals surface area (Å²) in [6, 6.07) is 5.93. The average molecular weight is 323 g/mol. The van der Waals surface area contributed by atoms with Gasteiger partial charge < -0.3 is 15.5 Å². The SMILES string of the molecule is Br.CCOCc1cccc2nc(N)c3[nH]cnc3c12. The van der Waals surface area contributed by atoms with Crippen molar-refractivity contribution >= 4 is 44.7 Å². The van der Waals surface area contributed by atoms with Crippen LogP contribution in [0.1, 0.15) is 12.5 Å². The van der Waals surface area contributed by atoms with E-state index >= 15 is 0 Å². The van der Waals surface area contributed by atoms with Crippen LogP contribution in [0.3, 0.4) is 0 Å². The van der Waals surface area contributed by atoms with E-state index in [0.717, 1.165) is 27.5 Å². The molecule has 0 unspecified atom stereocenters. The zero-order chi connectivity index (χ0) is 12.5. The molecule has 0 bridgehead atoms. The zero-order valence-corrected chi connectivity index (χ0v) is 12.2. The fraction of sp³-hybridized carbons (Fsp3) is 0.231. The summed E-state index contributed by atoms with van der Waals surface area (Å²) in [5, 5.41) is 1.01. The third kappa shape index (κ3) is 2.29. The molecule has 1 aromatic carbocycles. The minimum absolute atomic E-state index is 0. The van der Waals surface area contributed by atoms with E-state index in [0.29, 0.717) is 19.0 Å². The number of aromatic amines is 1. The summed E-state index contributed by atoms with van der Waals surface area (Å²) >= 11 is 0. The van der Waals surface area contributed by atoms with E-state index in [1.807, 2.05) is 25.1 Å². The first-order valence-corrected chi connectivity index (χ1v) is 5.89. The number of hydrogen-bond acceptors (Lipinski definition) is 4. The molecule has 6 heteroatoms. The maximum Gasteiger partial charge on any atom is 0.150 e. The van der Waals surface area contributed by atoms with E-state index in [1.54, 1.807) is 6.33 Å². The second-order valence-electron chi connectivity index (χ2n) is 4.07. The Hall–Kier alpha value is -1.66. The topological polar surface area (TPSA) is 76.8 Å². The van der Waals surface area contributed by atoms with Gasteiger partial charge in [-0.2, -0.15) is 0 Å². The first-order valence-electron chi connectivity index (χ1n) is 5.89. The molecular weight excluding hydrogens is 308 g/mol. The lowest BCUT2D eigenvalue weighted by atomic mass is 10.1. The van der Waals surface area contributed by atoms with E-state index < -0.39 is 0 Å². The molecule has 2 aromatic heterocycles. The van der Waals surface area contributed by atoms with E-state index in [9.17, 15) is 0 Å². The Bertz CT molecular complexity index is 710. The molecule has 0 atom stereocenters. The molecular formula is C13H15BrN4O. The third-order valence-electron chi connectivity index (χ3n) is 2.96. The van der Waals surface area contributed by atoms with Crippen LogP contribution in [0.4, 0.5) is 5.82 Å². The molecule has 0 saturated carbocycles. The number of pyridine rings is 1. The van der Waals surface area contributed by atoms with Gasteiger partial charge in [0.25, 0.3) is 0 Å². The number of benzene rings is 1. The number of rotatable bonds is 3. The van der Waals surface area contributed by atoms with Crippen molar-refractivity contribution in [2.45, 2.75) is 13.5 Å². The number of H-pyrrole nitrogens is 1. The lowest BCUT2D eigenvalue weighted by Gasteiger charge is -2.07. The Labute approximate surface area is 121 Å². The first-order chi connectivity index (χ1) is 8.81. The normalized spacial score (nSPS) is 10.8. The Kier molecular flexibility index (Phi) is 4.01. The van der Waals surface area contributed by atoms with E-state index in [4.69, 9.17) is 10.5 Å². The quantitative estimate of drug-likeness (QED) is 0.777. The molecule has 0 radical (unpaired) electrons. The van der Waals surface area contributed by atoms with Crippen LogP contribution >= 0.6 is 17.0 Å². The monoisotopic (exact) mass is 322 g/mol. The molecule has 0 fully saturated rings. The van der Waals surface area contributed by atoms with Crippen LogP contribution in [-0.2, 0) is 11.3 Å². The summed E-state index contributed by atoms with van der Waals surface area (Å²) < 4.78 is 5.49. The third-order valence-corrected chi connectivity index (χ3v) is 2.96. The van der Waals surface area contributed by atoms with Crippen LogP contribution in [0.2, 0.25) is 0 Å². The van der Waals surface area contributed by atoms with Crippen molar-refractivity contribution in [2.24, 2.45) is 0 Å². The van der Waals surface area contributed by atoms with Crippen molar-refractivity contribution in [3.05, 3.63) is 30.1 Å². The number of aromatic nitrogens is 3. The predicted octanol–water partition coefficient (Wildman–Crippen LogP) is 2.81. The highest BCUT2D eigenvalue weighted by Gasteiger charge is 2.11. The Morgan fingerprint density at radius 3 is 3.00 bits per heavy atom. The number of hydrogen-bond donors (Lipinski definition) is 2. The summed E-state index contributed by atoms with van der Waals surface area (Å²) in [5.41, 5.74) is 9.48. The lowest BCUT2D eigenvalue weighted by molar-refractivity contribution is 0.135. The number of nitrogens with one attached hydrogen (secondary N) is 1. The highest BCUT2D eigenvalue weighted by Crippen LogP contribution is 2.28. The highest BCUT2D eigenvalue weighted by molar-refractivity contribution is 8.93. The fourth-order valence-electron chi connectivity index (χ4n) is 2.15. The van der Waals surface area contributed by atoms with Crippen molar-refractivity contribution in [3.63, 3.8) is 0 Å². The maximum absolute atomic E-state index is 5.90. The highest BCUT2D eigenvalue weighted by atomic mass is 79.9. The summed E-state index contributed by atoms with van der Waals surface area (Å²) in [6.07, 6.45) is 1.64. The Balaban J connectivity index is 0.00000133. The van der Waals surface area contributed by atoms with Crippen LogP contribution in [0, 0.1) is 0 Å². The van der Waals surface area contributed by atoms with Crippen molar-refractivity contribution in [2.75, 3.05) is 12.3 Å². The van der Waals surface area contributed by atoms with Crippen molar-refractivity contribution in [3.8, 4) is 0 Å². The molecule has 100 valence electrons. The second-order valence-corrected chi connectivity index (χ2v) is 4.07. The van der Waals surface area contributed by atoms with Crippen LogP contribution in [0.5, 0.6) is 0 Å². The van der Waals surface area contributed by atoms with Gasteiger partial charge in [-0.15, -0.1) is 17.0 Å². The largest absolute Gasteiger partial charge is 0.382 e. The van der Waals surface area contributed by atoms with Gasteiger partial charge in [0.05, 0.1) is 18.5 Å². The average Bonchev–Trinajstić information content (AvgIpc) is 2.86. The van der Waals surface area contributed by atoms with Gasteiger partial charge >= 0.3 is 0 Å². The van der Waals surface area contributed by atoms with Gasteiger partial charge in [0.2, 0.25) is 0 Å². The molecule has 2 heterocycles. The summed E-state index contributed by atoms with van der Waals surface area (Å²) in [7, 11) is 0. The number of nitrogen functional groups attached to an aromatic ring is 1. The van der Waals surface area contributed by atoms with Gasteiger partial charge in [0.15, 0.2) is 0 Å². The zero-order valence-electron chi connectivity index (χ0n) is 10.5. The Morgan fingerprint density at radius 1 is 1.37 bits per heavy atom. The Morgan fingerprint density at radius 2 is 2.21 bits per heavy atom. The van der Waals surface area contributed by atoms with E-state index in [-0.39, 0.29) is 17.0 Å². The van der Waals surface area contributed by atoms with Gasteiger partial charge in [-0.3, -0.25) is 0 Å². The van der Waals surface area contributed by atoms with E-state index in [1.165, 1.54) is 0 Å². The van der Waals surface area contributed by atoms with Gasteiger partial charge in [-0.25, -0.2) is 9.97 Å². The maximum atomic E-state index is 5.90. The summed E-state index contributed by atoms with van der Waals surface area (Å²) in [4.78, 5) is 11.8. The summed E-state index contributed by atoms with van der Waals surface area (Å²) in [6.45, 7) is 3.22. The molecule has 0 aliphatic rings. The van der Waals surface area contributed by atoms with Gasteiger partial charge in [-0.05, 0) is 18.6 Å². The number of fused-ring (bicyclic) bond motifs is 3. The van der Waals surface area contributed by atoms with Crippen molar-refractivity contribution in [1.29, 1.82) is 0 Å². The van der Waals surface area contributed by atoms with E-state index in [2.05, 4.69) is 15.0 Å². The van der Waals surface area contributed by atoms with Crippen molar-refractivity contribution in [1.82, 2.24) is 15.0 Å². The molecule has 0 aliphatic carbocycles. The predicted molar refractivity (Wildman–Crippen MR) is 81.5 cm³/mol. The minimum atomic E-state index is 0. The molecule has 3 N–H and O–H groups in total. The summed E-state index contributed by atoms with van der Waals surface area (Å²) in [5.74, 6) is 0.476. The number of halogens is 1. The first kappa shape index (κ1) is 13.8. The molecule has 3 aromatic rings. The molecule has 0 spiro atoms. The second kappa shape index (κ2) is 5.54. The van der Waals surface area contributed by atoms with Crippen molar-refractivity contribution < 1.29 is 4.74 Å². The molecule has 5 nitrogen and oxygen atoms in total. The van der Waals surface area contributed by atoms with Crippen LogP contribution in [0.25, 0.3) is 21.9 Å². The van der Waals surface area contributed by atoms with Gasteiger partial charge in [0.1, 0.15) is 16.9 Å². The smallest absolute Gasteiger partial charge is 0.150 e. The number of ether oxygens (including phenoxy) is 1. The number of nitrogens with two attached hydrogens (primary N) is 1.